The number of aliphatic carboxylic acids is 1. The van der Waals surface area contributed by atoms with Gasteiger partial charge in [0.15, 0.2) is 5.82 Å². The maximum atomic E-state index is 10.9. The minimum atomic E-state index is -0.842. The van der Waals surface area contributed by atoms with E-state index in [0.717, 1.165) is 44.5 Å². The molecule has 2 heterocycles. The molecular formula is C24H25N3O2S. The van der Waals surface area contributed by atoms with E-state index >= 15 is 0 Å². The number of thiophene rings is 1. The molecule has 2 aromatic heterocycles. The molecule has 154 valence electrons. The topological polar surface area (TPSA) is 75.1 Å². The van der Waals surface area contributed by atoms with Crippen molar-refractivity contribution < 1.29 is 9.90 Å². The molecule has 3 aromatic rings. The lowest BCUT2D eigenvalue weighted by Crippen LogP contribution is -2.07. The third kappa shape index (κ3) is 5.21. The van der Waals surface area contributed by atoms with Crippen LogP contribution in [-0.4, -0.2) is 21.0 Å². The molecule has 30 heavy (non-hydrogen) atoms. The molecule has 6 heteroatoms. The standard InChI is InChI=1S/C24H25N3O2S/c1-4-7-18-13-14-21(30-18)24-26-20(6-3)19(8-5-2)23(27-24)25-17-11-9-16(10-12-17)15-22(28)29/h4-5,7,9-14H,2,6,8,15H2,1,3H3,(H,28,29)(H,25,26,27). The van der Waals surface area contributed by atoms with E-state index in [1.165, 1.54) is 0 Å². The Kier molecular flexibility index (Phi) is 7.14. The number of hydrogen-bond donors (Lipinski definition) is 2. The summed E-state index contributed by atoms with van der Waals surface area (Å²) < 4.78 is 0. The van der Waals surface area contributed by atoms with Crippen molar-refractivity contribution in [2.75, 3.05) is 5.32 Å². The van der Waals surface area contributed by atoms with Gasteiger partial charge >= 0.3 is 5.97 Å². The summed E-state index contributed by atoms with van der Waals surface area (Å²) in [5.74, 6) is 0.611. The van der Waals surface area contributed by atoms with Crippen LogP contribution in [0, 0.1) is 0 Å². The summed E-state index contributed by atoms with van der Waals surface area (Å²) in [6, 6.07) is 11.5. The van der Waals surface area contributed by atoms with Crippen molar-refractivity contribution in [3.05, 3.63) is 76.8 Å². The van der Waals surface area contributed by atoms with Gasteiger partial charge in [0.05, 0.1) is 11.3 Å². The van der Waals surface area contributed by atoms with E-state index in [1.807, 2.05) is 49.4 Å². The number of nitrogens with zero attached hydrogens (tertiary/aromatic N) is 2. The van der Waals surface area contributed by atoms with E-state index in [1.54, 1.807) is 11.3 Å². The first kappa shape index (κ1) is 21.5. The average Bonchev–Trinajstić information content (AvgIpc) is 3.19. The van der Waals surface area contributed by atoms with Crippen LogP contribution in [0.5, 0.6) is 0 Å². The van der Waals surface area contributed by atoms with Crippen molar-refractivity contribution in [2.24, 2.45) is 0 Å². The van der Waals surface area contributed by atoms with E-state index in [9.17, 15) is 4.79 Å². The fraction of sp³-hybridized carbons (Fsp3) is 0.208. The van der Waals surface area contributed by atoms with E-state index in [-0.39, 0.29) is 6.42 Å². The predicted octanol–water partition coefficient (Wildman–Crippen LogP) is 5.90. The van der Waals surface area contributed by atoms with Gasteiger partial charge in [-0.1, -0.05) is 31.2 Å². The van der Waals surface area contributed by atoms with Gasteiger partial charge in [-0.2, -0.15) is 0 Å². The van der Waals surface area contributed by atoms with Gasteiger partial charge in [0.25, 0.3) is 0 Å². The lowest BCUT2D eigenvalue weighted by Gasteiger charge is -2.15. The summed E-state index contributed by atoms with van der Waals surface area (Å²) in [6.07, 6.45) is 7.40. The van der Waals surface area contributed by atoms with Gasteiger partial charge in [-0.25, -0.2) is 9.97 Å². The van der Waals surface area contributed by atoms with Gasteiger partial charge in [-0.3, -0.25) is 4.79 Å². The highest BCUT2D eigenvalue weighted by atomic mass is 32.1. The van der Waals surface area contributed by atoms with Gasteiger partial charge < -0.3 is 10.4 Å². The van der Waals surface area contributed by atoms with E-state index in [2.05, 4.69) is 31.0 Å². The number of carboxylic acids is 1. The van der Waals surface area contributed by atoms with Crippen LogP contribution in [0.25, 0.3) is 16.8 Å². The summed E-state index contributed by atoms with van der Waals surface area (Å²) in [5, 5.41) is 12.4. The molecule has 0 radical (unpaired) electrons. The van der Waals surface area contributed by atoms with Crippen LogP contribution >= 0.6 is 11.3 Å². The largest absolute Gasteiger partial charge is 0.481 e. The SMILES string of the molecule is C=CCc1c(CC)nc(-c2ccc(C=CC)s2)nc1Nc1ccc(CC(=O)O)cc1. The number of allylic oxidation sites excluding steroid dienone is 2. The van der Waals surface area contributed by atoms with Gasteiger partial charge in [0.2, 0.25) is 0 Å². The molecule has 0 saturated carbocycles. The lowest BCUT2D eigenvalue weighted by molar-refractivity contribution is -0.136. The number of benzene rings is 1. The predicted molar refractivity (Wildman–Crippen MR) is 124 cm³/mol. The Balaban J connectivity index is 1.99. The highest BCUT2D eigenvalue weighted by Gasteiger charge is 2.15. The fourth-order valence-corrected chi connectivity index (χ4v) is 4.05. The molecular weight excluding hydrogens is 394 g/mol. The van der Waals surface area contributed by atoms with Gasteiger partial charge in [0.1, 0.15) is 5.82 Å². The summed E-state index contributed by atoms with van der Waals surface area (Å²) >= 11 is 1.66. The second-order valence-electron chi connectivity index (χ2n) is 6.76. The Bertz CT molecular complexity index is 1070. The molecule has 0 aliphatic heterocycles. The van der Waals surface area contributed by atoms with Crippen molar-refractivity contribution in [3.63, 3.8) is 0 Å². The van der Waals surface area contributed by atoms with E-state index < -0.39 is 5.97 Å². The minimum Gasteiger partial charge on any atom is -0.481 e. The molecule has 0 fully saturated rings. The zero-order chi connectivity index (χ0) is 21.5. The number of rotatable bonds is 9. The number of nitrogens with one attached hydrogen (secondary N) is 1. The zero-order valence-electron chi connectivity index (χ0n) is 17.2. The van der Waals surface area contributed by atoms with Crippen molar-refractivity contribution in [1.29, 1.82) is 0 Å². The first-order chi connectivity index (χ1) is 14.5. The van der Waals surface area contributed by atoms with Crippen LogP contribution in [0.4, 0.5) is 11.5 Å². The van der Waals surface area contributed by atoms with Crippen LogP contribution in [0.1, 0.15) is 35.5 Å². The lowest BCUT2D eigenvalue weighted by atomic mass is 10.1. The normalized spacial score (nSPS) is 11.0. The molecule has 0 bridgehead atoms. The molecule has 0 aliphatic carbocycles. The Labute approximate surface area is 180 Å². The summed E-state index contributed by atoms with van der Waals surface area (Å²) in [5.41, 5.74) is 3.62. The molecule has 0 saturated heterocycles. The number of hydrogen-bond acceptors (Lipinski definition) is 5. The van der Waals surface area contributed by atoms with Crippen molar-refractivity contribution in [1.82, 2.24) is 9.97 Å². The van der Waals surface area contributed by atoms with Gasteiger partial charge in [-0.15, -0.1) is 17.9 Å². The van der Waals surface area contributed by atoms with Crippen molar-refractivity contribution >= 4 is 34.9 Å². The Hall–Kier alpha value is -3.25. The second kappa shape index (κ2) is 9.98. The van der Waals surface area contributed by atoms with Crippen LogP contribution in [-0.2, 0) is 24.1 Å². The monoisotopic (exact) mass is 419 g/mol. The number of anilines is 2. The van der Waals surface area contributed by atoms with Gasteiger partial charge in [0, 0.05) is 21.8 Å². The minimum absolute atomic E-state index is 0.00650. The zero-order valence-corrected chi connectivity index (χ0v) is 18.0. The quantitative estimate of drug-likeness (QED) is 0.422. The van der Waals surface area contributed by atoms with Crippen LogP contribution in [0.3, 0.4) is 0 Å². The second-order valence-corrected chi connectivity index (χ2v) is 7.88. The third-order valence-corrected chi connectivity index (χ3v) is 5.57. The number of aromatic nitrogens is 2. The van der Waals surface area contributed by atoms with Crippen molar-refractivity contribution in [3.8, 4) is 10.7 Å². The van der Waals surface area contributed by atoms with Crippen LogP contribution < -0.4 is 5.32 Å². The third-order valence-electron chi connectivity index (χ3n) is 4.53. The Morgan fingerprint density at radius 2 is 1.97 bits per heavy atom. The highest BCUT2D eigenvalue weighted by Crippen LogP contribution is 2.31. The average molecular weight is 420 g/mol. The molecule has 0 atom stereocenters. The molecule has 0 unspecified atom stereocenters. The summed E-state index contributed by atoms with van der Waals surface area (Å²) in [4.78, 5) is 22.7. The van der Waals surface area contributed by atoms with Gasteiger partial charge in [-0.05, 0) is 55.7 Å². The Morgan fingerprint density at radius 1 is 1.20 bits per heavy atom. The van der Waals surface area contributed by atoms with Crippen LogP contribution in [0.2, 0.25) is 0 Å². The molecule has 2 N–H and O–H groups in total. The maximum absolute atomic E-state index is 10.9. The number of carbonyl (C=O) groups is 1. The van der Waals surface area contributed by atoms with Crippen molar-refractivity contribution in [2.45, 2.75) is 33.1 Å². The van der Waals surface area contributed by atoms with E-state index in [0.29, 0.717) is 12.2 Å². The Morgan fingerprint density at radius 3 is 2.60 bits per heavy atom. The smallest absolute Gasteiger partial charge is 0.307 e. The van der Waals surface area contributed by atoms with Crippen LogP contribution in [0.15, 0.2) is 55.1 Å². The summed E-state index contributed by atoms with van der Waals surface area (Å²) in [7, 11) is 0. The summed E-state index contributed by atoms with van der Waals surface area (Å²) in [6.45, 7) is 7.96. The fourth-order valence-electron chi connectivity index (χ4n) is 3.14. The number of carboxylic acid groups (broad SMARTS) is 1. The molecule has 3 rings (SSSR count). The molecule has 0 spiro atoms. The van der Waals surface area contributed by atoms with E-state index in [4.69, 9.17) is 15.1 Å². The first-order valence-electron chi connectivity index (χ1n) is 9.85. The molecule has 1 aromatic carbocycles. The molecule has 5 nitrogen and oxygen atoms in total. The highest BCUT2D eigenvalue weighted by molar-refractivity contribution is 7.16. The maximum Gasteiger partial charge on any atom is 0.307 e. The first-order valence-corrected chi connectivity index (χ1v) is 10.7. The molecule has 0 aliphatic rings. The molecule has 0 amide bonds. The number of aryl methyl sites for hydroxylation is 1.